The van der Waals surface area contributed by atoms with E-state index in [-0.39, 0.29) is 10.8 Å². The maximum Gasteiger partial charge on any atom is 0.0491 e. The molecule has 0 saturated carbocycles. The lowest BCUT2D eigenvalue weighted by atomic mass is 9.82. The maximum absolute atomic E-state index is 2.33. The van der Waals surface area contributed by atoms with Crippen molar-refractivity contribution in [2.45, 2.75) is 45.4 Å². The predicted octanol–water partition coefficient (Wildman–Crippen LogP) is 7.06. The summed E-state index contributed by atoms with van der Waals surface area (Å²) in [6.07, 6.45) is 0. The van der Waals surface area contributed by atoms with Crippen LogP contribution >= 0.6 is 0 Å². The van der Waals surface area contributed by atoms with Crippen LogP contribution in [0.3, 0.4) is 0 Å². The molecule has 0 saturated heterocycles. The van der Waals surface area contributed by atoms with E-state index in [4.69, 9.17) is 0 Å². The minimum atomic E-state index is 0.0405. The number of fused-ring (bicyclic) bond motifs is 3. The fraction of sp³-hybridized carbons (Fsp3) is 0.308. The van der Waals surface area contributed by atoms with Crippen molar-refractivity contribution in [1.29, 1.82) is 0 Å². The number of hydrogen-bond donors (Lipinski definition) is 0. The molecule has 0 aromatic heterocycles. The van der Waals surface area contributed by atoms with E-state index in [0.717, 1.165) is 0 Å². The highest BCUT2D eigenvalue weighted by molar-refractivity contribution is 5.91. The molecule has 0 atom stereocenters. The van der Waals surface area contributed by atoms with Gasteiger partial charge in [0.25, 0.3) is 0 Å². The number of anilines is 2. The zero-order valence-electron chi connectivity index (χ0n) is 17.3. The maximum atomic E-state index is 2.33. The van der Waals surface area contributed by atoms with Gasteiger partial charge in [-0.05, 0) is 45.9 Å². The third-order valence-electron chi connectivity index (χ3n) is 6.07. The van der Waals surface area contributed by atoms with Crippen molar-refractivity contribution in [3.63, 3.8) is 0 Å². The summed E-state index contributed by atoms with van der Waals surface area (Å²) in [6, 6.07) is 24.6. The Hall–Kier alpha value is -2.54. The fourth-order valence-electron chi connectivity index (χ4n) is 4.34. The van der Waals surface area contributed by atoms with E-state index >= 15 is 0 Å². The monoisotopic (exact) mass is 355 g/mol. The van der Waals surface area contributed by atoms with Crippen molar-refractivity contribution in [3.8, 4) is 11.1 Å². The molecule has 1 heteroatoms. The lowest BCUT2D eigenvalue weighted by molar-refractivity contribution is 0.590. The van der Waals surface area contributed by atoms with Gasteiger partial charge in [0.1, 0.15) is 0 Å². The topological polar surface area (TPSA) is 3.24 Å². The number of hydrogen-bond acceptors (Lipinski definition) is 1. The number of rotatable bonds is 2. The Morgan fingerprint density at radius 3 is 2.04 bits per heavy atom. The van der Waals surface area contributed by atoms with Gasteiger partial charge in [-0.2, -0.15) is 0 Å². The van der Waals surface area contributed by atoms with E-state index in [1.54, 1.807) is 0 Å². The summed E-state index contributed by atoms with van der Waals surface area (Å²) in [5, 5.41) is 0. The first-order chi connectivity index (χ1) is 12.7. The van der Waals surface area contributed by atoms with Crippen LogP contribution in [-0.2, 0) is 10.8 Å². The first kappa shape index (κ1) is 17.9. The van der Waals surface area contributed by atoms with Crippen molar-refractivity contribution in [2.75, 3.05) is 11.9 Å². The van der Waals surface area contributed by atoms with E-state index in [1.807, 2.05) is 0 Å². The van der Waals surface area contributed by atoms with Crippen LogP contribution in [0.25, 0.3) is 11.1 Å². The Balaban J connectivity index is 1.83. The van der Waals surface area contributed by atoms with E-state index in [1.165, 1.54) is 39.2 Å². The van der Waals surface area contributed by atoms with Crippen LogP contribution < -0.4 is 4.90 Å². The zero-order chi connectivity index (χ0) is 19.4. The molecule has 3 aromatic carbocycles. The molecule has 1 aliphatic rings. The molecule has 3 aromatic rings. The molecule has 0 aliphatic heterocycles. The molecule has 138 valence electrons. The normalized spacial score (nSPS) is 14.6. The summed E-state index contributed by atoms with van der Waals surface area (Å²) in [5.74, 6) is 0. The molecule has 0 amide bonds. The van der Waals surface area contributed by atoms with Crippen molar-refractivity contribution < 1.29 is 0 Å². The van der Waals surface area contributed by atoms with Crippen LogP contribution in [0.4, 0.5) is 11.4 Å². The molecule has 27 heavy (non-hydrogen) atoms. The highest BCUT2D eigenvalue weighted by Gasteiger charge is 2.36. The zero-order valence-corrected chi connectivity index (χ0v) is 17.3. The Kier molecular flexibility index (Phi) is 3.96. The van der Waals surface area contributed by atoms with Crippen LogP contribution in [0.5, 0.6) is 0 Å². The molecule has 0 fully saturated rings. The van der Waals surface area contributed by atoms with E-state index < -0.39 is 0 Å². The van der Waals surface area contributed by atoms with Gasteiger partial charge in [0.15, 0.2) is 0 Å². The minimum absolute atomic E-state index is 0.0405. The smallest absolute Gasteiger partial charge is 0.0491 e. The SMILES string of the molecule is CN(c1ccc(C(C)(C)C)cc1)c1cccc2c1-c1ccccc1C2(C)C. The van der Waals surface area contributed by atoms with Crippen molar-refractivity contribution in [1.82, 2.24) is 0 Å². The quantitative estimate of drug-likeness (QED) is 0.475. The molecule has 1 aliphatic carbocycles. The van der Waals surface area contributed by atoms with Gasteiger partial charge in [-0.25, -0.2) is 0 Å². The first-order valence-corrected chi connectivity index (χ1v) is 9.79. The Labute approximate surface area is 163 Å². The van der Waals surface area contributed by atoms with Gasteiger partial charge >= 0.3 is 0 Å². The average molecular weight is 356 g/mol. The van der Waals surface area contributed by atoms with Crippen LogP contribution in [-0.4, -0.2) is 7.05 Å². The van der Waals surface area contributed by atoms with Gasteiger partial charge < -0.3 is 4.90 Å². The summed E-state index contributed by atoms with van der Waals surface area (Å²) < 4.78 is 0. The number of nitrogens with zero attached hydrogens (tertiary/aromatic N) is 1. The van der Waals surface area contributed by atoms with Gasteiger partial charge in [0.2, 0.25) is 0 Å². The highest BCUT2D eigenvalue weighted by atomic mass is 15.1. The van der Waals surface area contributed by atoms with E-state index in [0.29, 0.717) is 0 Å². The first-order valence-electron chi connectivity index (χ1n) is 9.79. The summed E-state index contributed by atoms with van der Waals surface area (Å²) in [4.78, 5) is 2.32. The van der Waals surface area contributed by atoms with Crippen LogP contribution in [0.2, 0.25) is 0 Å². The molecule has 1 nitrogen and oxygen atoms in total. The second-order valence-corrected chi connectivity index (χ2v) is 9.23. The largest absolute Gasteiger partial charge is 0.344 e. The van der Waals surface area contributed by atoms with Gasteiger partial charge in [-0.1, -0.05) is 83.1 Å². The third kappa shape index (κ3) is 2.77. The third-order valence-corrected chi connectivity index (χ3v) is 6.07. The Morgan fingerprint density at radius 1 is 0.741 bits per heavy atom. The van der Waals surface area contributed by atoms with Crippen LogP contribution in [0.15, 0.2) is 66.7 Å². The van der Waals surface area contributed by atoms with Crippen LogP contribution in [0.1, 0.15) is 51.3 Å². The summed E-state index contributed by atoms with van der Waals surface area (Å²) in [7, 11) is 2.18. The molecule has 0 unspecified atom stereocenters. The van der Waals surface area contributed by atoms with E-state index in [9.17, 15) is 0 Å². The lowest BCUT2D eigenvalue weighted by Gasteiger charge is -2.26. The predicted molar refractivity (Wildman–Crippen MR) is 117 cm³/mol. The molecule has 0 heterocycles. The fourth-order valence-corrected chi connectivity index (χ4v) is 4.34. The summed E-state index contributed by atoms with van der Waals surface area (Å²) in [5.41, 5.74) is 9.65. The molecule has 0 spiro atoms. The van der Waals surface area contributed by atoms with Crippen LogP contribution in [0, 0.1) is 0 Å². The lowest BCUT2D eigenvalue weighted by Crippen LogP contribution is -2.16. The van der Waals surface area contributed by atoms with Gasteiger partial charge in [-0.3, -0.25) is 0 Å². The number of benzene rings is 3. The van der Waals surface area contributed by atoms with Gasteiger partial charge in [0, 0.05) is 29.4 Å². The second-order valence-electron chi connectivity index (χ2n) is 9.23. The average Bonchev–Trinajstić information content (AvgIpc) is 2.89. The van der Waals surface area contributed by atoms with Crippen molar-refractivity contribution in [2.24, 2.45) is 0 Å². The molecule has 0 N–H and O–H groups in total. The molecular formula is C26H29N. The Bertz CT molecular complexity index is 987. The molecule has 0 radical (unpaired) electrons. The minimum Gasteiger partial charge on any atom is -0.344 e. The molecule has 4 rings (SSSR count). The van der Waals surface area contributed by atoms with E-state index in [2.05, 4.69) is 113 Å². The Morgan fingerprint density at radius 2 is 1.37 bits per heavy atom. The molecular weight excluding hydrogens is 326 g/mol. The van der Waals surface area contributed by atoms with Crippen molar-refractivity contribution in [3.05, 3.63) is 83.4 Å². The van der Waals surface area contributed by atoms with Gasteiger partial charge in [-0.15, -0.1) is 0 Å². The summed E-state index contributed by atoms with van der Waals surface area (Å²) >= 11 is 0. The summed E-state index contributed by atoms with van der Waals surface area (Å²) in [6.45, 7) is 11.4. The standard InChI is InChI=1S/C26H29N/c1-25(2,3)18-14-16-19(17-15-18)27(6)23-13-9-12-22-24(23)20-10-7-8-11-21(20)26(22,4)5/h7-17H,1-6H3. The second kappa shape index (κ2) is 5.99. The van der Waals surface area contributed by atoms with Crippen molar-refractivity contribution >= 4 is 11.4 Å². The highest BCUT2D eigenvalue weighted by Crippen LogP contribution is 2.52. The molecule has 0 bridgehead atoms. The van der Waals surface area contributed by atoms with Gasteiger partial charge in [0.05, 0.1) is 0 Å².